The van der Waals surface area contributed by atoms with Crippen molar-refractivity contribution in [3.63, 3.8) is 0 Å². The Bertz CT molecular complexity index is 890. The first-order valence-electron chi connectivity index (χ1n) is 10.7. The second kappa shape index (κ2) is 13.2. The third kappa shape index (κ3) is 7.61. The molecule has 0 heterocycles. The smallest absolute Gasteiger partial charge is 0.242 e. The van der Waals surface area contributed by atoms with Crippen molar-refractivity contribution in [3.8, 4) is 11.5 Å². The largest absolute Gasteiger partial charge is 0.497 e. The lowest BCUT2D eigenvalue weighted by atomic mass is 10.1. The summed E-state index contributed by atoms with van der Waals surface area (Å²) >= 11 is 12.3. The summed E-state index contributed by atoms with van der Waals surface area (Å²) in [6.07, 6.45) is 1.25. The van der Waals surface area contributed by atoms with Crippen molar-refractivity contribution in [2.75, 3.05) is 20.3 Å². The van der Waals surface area contributed by atoms with Crippen LogP contribution in [0.2, 0.25) is 10.0 Å². The molecule has 0 aliphatic carbocycles. The molecule has 0 aromatic heterocycles. The first-order valence-corrected chi connectivity index (χ1v) is 11.4. The van der Waals surface area contributed by atoms with E-state index in [2.05, 4.69) is 5.32 Å². The highest BCUT2D eigenvalue weighted by Gasteiger charge is 2.28. The molecule has 174 valence electrons. The number of benzene rings is 2. The number of rotatable bonds is 12. The van der Waals surface area contributed by atoms with Gasteiger partial charge < -0.3 is 19.7 Å². The van der Waals surface area contributed by atoms with E-state index < -0.39 is 6.04 Å². The standard InChI is InChI=1S/C24H30Cl2N2O4/c1-4-22(24(30)27-5-2)28(16-17-8-9-18(25)15-21(17)26)23(29)7-6-14-32-20-12-10-19(31-3)11-13-20/h8-13,15,22H,4-7,14,16H2,1-3H3,(H,27,30)/t22-/m1/s1. The summed E-state index contributed by atoms with van der Waals surface area (Å²) in [6.45, 7) is 4.84. The molecule has 0 spiro atoms. The van der Waals surface area contributed by atoms with E-state index in [1.807, 2.05) is 38.1 Å². The SMILES string of the molecule is CCNC(=O)[C@@H](CC)N(Cc1ccc(Cl)cc1Cl)C(=O)CCCOc1ccc(OC)cc1. The molecular formula is C24H30Cl2N2O4. The van der Waals surface area contributed by atoms with Gasteiger partial charge in [0.2, 0.25) is 11.8 Å². The lowest BCUT2D eigenvalue weighted by Crippen LogP contribution is -2.49. The summed E-state index contributed by atoms with van der Waals surface area (Å²) in [7, 11) is 1.61. The molecule has 8 heteroatoms. The first-order chi connectivity index (χ1) is 15.4. The number of carbonyl (C=O) groups is 2. The number of methoxy groups -OCH3 is 1. The molecule has 1 atom stereocenters. The van der Waals surface area contributed by atoms with Gasteiger partial charge in [-0.05, 0) is 61.7 Å². The fourth-order valence-corrected chi connectivity index (χ4v) is 3.74. The molecule has 0 saturated heterocycles. The molecule has 0 radical (unpaired) electrons. The number of likely N-dealkylation sites (N-methyl/N-ethyl adjacent to an activating group) is 1. The van der Waals surface area contributed by atoms with Crippen LogP contribution in [0.4, 0.5) is 0 Å². The van der Waals surface area contributed by atoms with Crippen LogP contribution in [0.15, 0.2) is 42.5 Å². The summed E-state index contributed by atoms with van der Waals surface area (Å²) < 4.78 is 10.8. The van der Waals surface area contributed by atoms with Crippen LogP contribution in [0.5, 0.6) is 11.5 Å². The zero-order chi connectivity index (χ0) is 23.5. The van der Waals surface area contributed by atoms with Crippen molar-refractivity contribution in [3.05, 3.63) is 58.1 Å². The van der Waals surface area contributed by atoms with Crippen LogP contribution in [0.25, 0.3) is 0 Å². The van der Waals surface area contributed by atoms with Gasteiger partial charge >= 0.3 is 0 Å². The van der Waals surface area contributed by atoms with Crippen molar-refractivity contribution in [1.82, 2.24) is 10.2 Å². The van der Waals surface area contributed by atoms with Gasteiger partial charge in [-0.15, -0.1) is 0 Å². The van der Waals surface area contributed by atoms with Crippen LogP contribution in [0.3, 0.4) is 0 Å². The topological polar surface area (TPSA) is 67.9 Å². The molecule has 32 heavy (non-hydrogen) atoms. The van der Waals surface area contributed by atoms with Crippen LogP contribution in [-0.2, 0) is 16.1 Å². The highest BCUT2D eigenvalue weighted by atomic mass is 35.5. The molecule has 0 bridgehead atoms. The van der Waals surface area contributed by atoms with Crippen molar-refractivity contribution >= 4 is 35.0 Å². The van der Waals surface area contributed by atoms with Crippen molar-refractivity contribution in [1.29, 1.82) is 0 Å². The molecule has 0 fully saturated rings. The molecule has 0 aliphatic rings. The van der Waals surface area contributed by atoms with Gasteiger partial charge in [-0.3, -0.25) is 9.59 Å². The Kier molecular flexibility index (Phi) is 10.6. The quantitative estimate of drug-likeness (QED) is 0.428. The van der Waals surface area contributed by atoms with Gasteiger partial charge in [-0.1, -0.05) is 36.2 Å². The molecule has 2 rings (SSSR count). The van der Waals surface area contributed by atoms with Gasteiger partial charge in [0.15, 0.2) is 0 Å². The number of ether oxygens (including phenoxy) is 2. The third-order valence-electron chi connectivity index (χ3n) is 4.96. The van der Waals surface area contributed by atoms with Gasteiger partial charge in [0.25, 0.3) is 0 Å². The first kappa shape index (κ1) is 25.8. The zero-order valence-corrected chi connectivity index (χ0v) is 20.2. The van der Waals surface area contributed by atoms with E-state index in [4.69, 9.17) is 32.7 Å². The number of halogens is 2. The highest BCUT2D eigenvalue weighted by molar-refractivity contribution is 6.35. The van der Waals surface area contributed by atoms with Crippen molar-refractivity contribution in [2.45, 2.75) is 45.7 Å². The molecule has 0 unspecified atom stereocenters. The van der Waals surface area contributed by atoms with E-state index in [9.17, 15) is 9.59 Å². The van der Waals surface area contributed by atoms with Crippen molar-refractivity contribution < 1.29 is 19.1 Å². The van der Waals surface area contributed by atoms with E-state index in [1.54, 1.807) is 30.2 Å². The molecule has 1 N–H and O–H groups in total. The summed E-state index contributed by atoms with van der Waals surface area (Å²) in [5.41, 5.74) is 0.738. The minimum atomic E-state index is -0.586. The van der Waals surface area contributed by atoms with Gasteiger partial charge in [0.1, 0.15) is 17.5 Å². The van der Waals surface area contributed by atoms with E-state index in [0.29, 0.717) is 41.8 Å². The van der Waals surface area contributed by atoms with Gasteiger partial charge in [-0.25, -0.2) is 0 Å². The molecule has 0 aliphatic heterocycles. The normalized spacial score (nSPS) is 11.5. The Morgan fingerprint density at radius 1 is 1.06 bits per heavy atom. The Hall–Kier alpha value is -2.44. The molecule has 6 nitrogen and oxygen atoms in total. The van der Waals surface area contributed by atoms with Crippen LogP contribution in [0.1, 0.15) is 38.7 Å². The lowest BCUT2D eigenvalue weighted by Gasteiger charge is -2.31. The van der Waals surface area contributed by atoms with Gasteiger partial charge in [0, 0.05) is 29.6 Å². The van der Waals surface area contributed by atoms with Crippen molar-refractivity contribution in [2.24, 2.45) is 0 Å². The van der Waals surface area contributed by atoms with E-state index >= 15 is 0 Å². The Balaban J connectivity index is 2.05. The maximum absolute atomic E-state index is 13.1. The predicted octanol–water partition coefficient (Wildman–Crippen LogP) is 5.10. The second-order valence-corrected chi connectivity index (χ2v) is 8.05. The number of amides is 2. The average Bonchev–Trinajstić information content (AvgIpc) is 2.78. The average molecular weight is 481 g/mol. The number of carbonyl (C=O) groups excluding carboxylic acids is 2. The lowest BCUT2D eigenvalue weighted by molar-refractivity contribution is -0.141. The van der Waals surface area contributed by atoms with Crippen LogP contribution in [0, 0.1) is 0 Å². The van der Waals surface area contributed by atoms with Gasteiger partial charge in [-0.2, -0.15) is 0 Å². The Labute approximate surface area is 199 Å². The summed E-state index contributed by atoms with van der Waals surface area (Å²) in [5.74, 6) is 1.15. The number of hydrogen-bond donors (Lipinski definition) is 1. The number of nitrogens with one attached hydrogen (secondary N) is 1. The fraction of sp³-hybridized carbons (Fsp3) is 0.417. The molecule has 2 aromatic rings. The highest BCUT2D eigenvalue weighted by Crippen LogP contribution is 2.24. The summed E-state index contributed by atoms with van der Waals surface area (Å²) in [4.78, 5) is 27.3. The minimum Gasteiger partial charge on any atom is -0.497 e. The summed E-state index contributed by atoms with van der Waals surface area (Å²) in [6, 6.07) is 11.8. The van der Waals surface area contributed by atoms with E-state index in [0.717, 1.165) is 11.3 Å². The van der Waals surface area contributed by atoms with E-state index in [-0.39, 0.29) is 24.8 Å². The third-order valence-corrected chi connectivity index (χ3v) is 5.54. The fourth-order valence-electron chi connectivity index (χ4n) is 3.27. The number of hydrogen-bond acceptors (Lipinski definition) is 4. The monoisotopic (exact) mass is 480 g/mol. The van der Waals surface area contributed by atoms with Crippen LogP contribution in [-0.4, -0.2) is 43.0 Å². The Morgan fingerprint density at radius 2 is 1.75 bits per heavy atom. The van der Waals surface area contributed by atoms with Crippen LogP contribution >= 0.6 is 23.2 Å². The predicted molar refractivity (Wildman–Crippen MR) is 127 cm³/mol. The molecule has 2 aromatic carbocycles. The maximum atomic E-state index is 13.1. The van der Waals surface area contributed by atoms with Crippen LogP contribution < -0.4 is 14.8 Å². The molecule has 0 saturated carbocycles. The molecular weight excluding hydrogens is 451 g/mol. The van der Waals surface area contributed by atoms with Gasteiger partial charge in [0.05, 0.1) is 13.7 Å². The Morgan fingerprint density at radius 3 is 2.34 bits per heavy atom. The zero-order valence-electron chi connectivity index (χ0n) is 18.7. The molecule has 2 amide bonds. The minimum absolute atomic E-state index is 0.132. The maximum Gasteiger partial charge on any atom is 0.242 e. The summed E-state index contributed by atoms with van der Waals surface area (Å²) in [5, 5.41) is 3.80. The number of nitrogens with zero attached hydrogens (tertiary/aromatic N) is 1. The second-order valence-electron chi connectivity index (χ2n) is 7.20. The van der Waals surface area contributed by atoms with E-state index in [1.165, 1.54) is 0 Å².